The van der Waals surface area contributed by atoms with E-state index in [1.165, 1.54) is 19.3 Å². The van der Waals surface area contributed by atoms with Gasteiger partial charge in [0.15, 0.2) is 0 Å². The number of amides is 1. The van der Waals surface area contributed by atoms with E-state index < -0.39 is 12.0 Å². The molecule has 2 rings (SSSR count). The van der Waals surface area contributed by atoms with Crippen molar-refractivity contribution in [1.82, 2.24) is 9.80 Å². The molecule has 0 aromatic carbocycles. The number of carbonyl (C=O) groups excluding carboxylic acids is 1. The second-order valence-corrected chi connectivity index (χ2v) is 5.76. The molecule has 0 bridgehead atoms. The van der Waals surface area contributed by atoms with E-state index in [1.54, 1.807) is 0 Å². The molecule has 0 spiro atoms. The van der Waals surface area contributed by atoms with Crippen LogP contribution < -0.4 is 0 Å². The molecule has 2 fully saturated rings. The van der Waals surface area contributed by atoms with Gasteiger partial charge in [0.05, 0.1) is 6.54 Å². The maximum Gasteiger partial charge on any atom is 0.320 e. The number of rotatable bonds is 4. The Morgan fingerprint density at radius 3 is 2.47 bits per heavy atom. The number of nitrogens with zero attached hydrogens (tertiary/aromatic N) is 2. The Hall–Kier alpha value is -1.10. The van der Waals surface area contributed by atoms with E-state index in [9.17, 15) is 9.59 Å². The standard InChI is InChI=1S/C14H24N2O3/c1-15(11-6-3-2-4-7-11)13(17)10-16-9-5-8-12(16)14(18)19/h11-12H,2-10H2,1H3,(H,18,19)/t12-/m0/s1. The Kier molecular flexibility index (Phi) is 4.80. The van der Waals surface area contributed by atoms with E-state index >= 15 is 0 Å². The number of likely N-dealkylation sites (tertiary alicyclic amines) is 1. The quantitative estimate of drug-likeness (QED) is 0.835. The molecule has 0 unspecified atom stereocenters. The summed E-state index contributed by atoms with van der Waals surface area (Å²) in [6.45, 7) is 0.977. The molecule has 5 heteroatoms. The Bertz CT molecular complexity index is 340. The van der Waals surface area contributed by atoms with Crippen molar-refractivity contribution in [3.8, 4) is 0 Å². The van der Waals surface area contributed by atoms with Gasteiger partial charge in [0.25, 0.3) is 0 Å². The van der Waals surface area contributed by atoms with Crippen molar-refractivity contribution < 1.29 is 14.7 Å². The first-order valence-electron chi connectivity index (χ1n) is 7.32. The third-order valence-corrected chi connectivity index (χ3v) is 4.50. The topological polar surface area (TPSA) is 60.9 Å². The first kappa shape index (κ1) is 14.3. The molecule has 1 N–H and O–H groups in total. The molecule has 2 aliphatic rings. The van der Waals surface area contributed by atoms with Crippen LogP contribution in [0.4, 0.5) is 0 Å². The molecule has 1 heterocycles. The smallest absolute Gasteiger partial charge is 0.320 e. The molecule has 1 amide bonds. The minimum Gasteiger partial charge on any atom is -0.480 e. The fourth-order valence-corrected chi connectivity index (χ4v) is 3.25. The Morgan fingerprint density at radius 1 is 1.16 bits per heavy atom. The lowest BCUT2D eigenvalue weighted by atomic mass is 9.94. The van der Waals surface area contributed by atoms with Gasteiger partial charge >= 0.3 is 5.97 Å². The van der Waals surface area contributed by atoms with Crippen LogP contribution in [0.2, 0.25) is 0 Å². The van der Waals surface area contributed by atoms with Crippen molar-refractivity contribution >= 4 is 11.9 Å². The highest BCUT2D eigenvalue weighted by Crippen LogP contribution is 2.23. The van der Waals surface area contributed by atoms with Crippen LogP contribution in [0.25, 0.3) is 0 Å². The van der Waals surface area contributed by atoms with Crippen LogP contribution >= 0.6 is 0 Å². The molecule has 0 aromatic rings. The molecular formula is C14H24N2O3. The van der Waals surface area contributed by atoms with E-state index in [0.717, 1.165) is 25.8 Å². The van der Waals surface area contributed by atoms with E-state index in [0.29, 0.717) is 12.5 Å². The number of aliphatic carboxylic acids is 1. The highest BCUT2D eigenvalue weighted by Gasteiger charge is 2.33. The summed E-state index contributed by atoms with van der Waals surface area (Å²) in [5.74, 6) is -0.731. The molecule has 0 aromatic heterocycles. The lowest BCUT2D eigenvalue weighted by Gasteiger charge is -2.33. The van der Waals surface area contributed by atoms with Gasteiger partial charge in [-0.15, -0.1) is 0 Å². The minimum absolute atomic E-state index is 0.0695. The lowest BCUT2D eigenvalue weighted by Crippen LogP contribution is -2.46. The van der Waals surface area contributed by atoms with Gasteiger partial charge in [-0.1, -0.05) is 19.3 Å². The van der Waals surface area contributed by atoms with Crippen LogP contribution in [-0.2, 0) is 9.59 Å². The third-order valence-electron chi connectivity index (χ3n) is 4.50. The lowest BCUT2D eigenvalue weighted by molar-refractivity contribution is -0.143. The fraction of sp³-hybridized carbons (Fsp3) is 0.857. The highest BCUT2D eigenvalue weighted by atomic mass is 16.4. The number of likely N-dealkylation sites (N-methyl/N-ethyl adjacent to an activating group) is 1. The zero-order chi connectivity index (χ0) is 13.8. The van der Waals surface area contributed by atoms with Gasteiger partial charge in [-0.05, 0) is 32.2 Å². The maximum atomic E-state index is 12.3. The van der Waals surface area contributed by atoms with E-state index in [4.69, 9.17) is 5.11 Å². The van der Waals surface area contributed by atoms with Crippen LogP contribution in [0.1, 0.15) is 44.9 Å². The summed E-state index contributed by atoms with van der Waals surface area (Å²) >= 11 is 0. The van der Waals surface area contributed by atoms with Gasteiger partial charge < -0.3 is 10.0 Å². The summed E-state index contributed by atoms with van der Waals surface area (Å²) in [5, 5.41) is 9.12. The van der Waals surface area contributed by atoms with E-state index in [2.05, 4.69) is 0 Å². The first-order chi connectivity index (χ1) is 9.09. The molecule has 19 heavy (non-hydrogen) atoms. The molecule has 1 saturated heterocycles. The van der Waals surface area contributed by atoms with Gasteiger partial charge in [0, 0.05) is 13.1 Å². The Labute approximate surface area is 114 Å². The summed E-state index contributed by atoms with van der Waals surface area (Å²) in [5.41, 5.74) is 0. The van der Waals surface area contributed by atoms with Crippen molar-refractivity contribution in [2.45, 2.75) is 57.0 Å². The minimum atomic E-state index is -0.800. The number of hydrogen-bond acceptors (Lipinski definition) is 3. The molecule has 1 aliphatic carbocycles. The van der Waals surface area contributed by atoms with Gasteiger partial charge in [-0.25, -0.2) is 0 Å². The van der Waals surface area contributed by atoms with Crippen LogP contribution in [0, 0.1) is 0 Å². The monoisotopic (exact) mass is 268 g/mol. The molecule has 1 atom stereocenters. The molecule has 0 radical (unpaired) electrons. The van der Waals surface area contributed by atoms with Crippen molar-refractivity contribution in [1.29, 1.82) is 0 Å². The fourth-order valence-electron chi connectivity index (χ4n) is 3.25. The average Bonchev–Trinajstić information content (AvgIpc) is 2.87. The average molecular weight is 268 g/mol. The van der Waals surface area contributed by atoms with Gasteiger partial charge in [-0.3, -0.25) is 14.5 Å². The van der Waals surface area contributed by atoms with Crippen LogP contribution in [0.3, 0.4) is 0 Å². The maximum absolute atomic E-state index is 12.3. The van der Waals surface area contributed by atoms with Crippen molar-refractivity contribution in [3.63, 3.8) is 0 Å². The van der Waals surface area contributed by atoms with Gasteiger partial charge in [0.2, 0.25) is 5.91 Å². The number of carbonyl (C=O) groups is 2. The predicted molar refractivity (Wildman–Crippen MR) is 71.9 cm³/mol. The largest absolute Gasteiger partial charge is 0.480 e. The zero-order valence-electron chi connectivity index (χ0n) is 11.7. The second-order valence-electron chi connectivity index (χ2n) is 5.76. The number of carboxylic acid groups (broad SMARTS) is 1. The van der Waals surface area contributed by atoms with E-state index in [-0.39, 0.29) is 12.5 Å². The predicted octanol–water partition coefficient (Wildman–Crippen LogP) is 1.33. The molecule has 5 nitrogen and oxygen atoms in total. The third kappa shape index (κ3) is 3.47. The Morgan fingerprint density at radius 2 is 1.84 bits per heavy atom. The van der Waals surface area contributed by atoms with Crippen LogP contribution in [0.15, 0.2) is 0 Å². The number of hydrogen-bond donors (Lipinski definition) is 1. The zero-order valence-corrected chi connectivity index (χ0v) is 11.7. The van der Waals surface area contributed by atoms with Crippen molar-refractivity contribution in [2.24, 2.45) is 0 Å². The molecule has 1 saturated carbocycles. The van der Waals surface area contributed by atoms with Crippen molar-refractivity contribution in [3.05, 3.63) is 0 Å². The molecular weight excluding hydrogens is 244 g/mol. The van der Waals surface area contributed by atoms with Gasteiger partial charge in [0.1, 0.15) is 6.04 Å². The Balaban J connectivity index is 1.87. The first-order valence-corrected chi connectivity index (χ1v) is 7.32. The summed E-state index contributed by atoms with van der Waals surface area (Å²) in [6.07, 6.45) is 7.38. The van der Waals surface area contributed by atoms with Crippen LogP contribution in [-0.4, -0.2) is 59.0 Å². The summed E-state index contributed by atoms with van der Waals surface area (Å²) in [7, 11) is 1.87. The summed E-state index contributed by atoms with van der Waals surface area (Å²) in [4.78, 5) is 27.0. The highest BCUT2D eigenvalue weighted by molar-refractivity contribution is 5.80. The molecule has 108 valence electrons. The second kappa shape index (κ2) is 6.37. The summed E-state index contributed by atoms with van der Waals surface area (Å²) < 4.78 is 0. The SMILES string of the molecule is CN(C(=O)CN1CCC[C@H]1C(=O)O)C1CCCCC1. The number of carboxylic acids is 1. The molecule has 1 aliphatic heterocycles. The van der Waals surface area contributed by atoms with Crippen molar-refractivity contribution in [2.75, 3.05) is 20.1 Å². The van der Waals surface area contributed by atoms with E-state index in [1.807, 2.05) is 16.8 Å². The normalized spacial score (nSPS) is 25.4. The summed E-state index contributed by atoms with van der Waals surface area (Å²) in [6, 6.07) is -0.115. The van der Waals surface area contributed by atoms with Gasteiger partial charge in [-0.2, -0.15) is 0 Å². The van der Waals surface area contributed by atoms with Crippen LogP contribution in [0.5, 0.6) is 0 Å².